The van der Waals surface area contributed by atoms with Crippen molar-refractivity contribution in [1.29, 1.82) is 0 Å². The van der Waals surface area contributed by atoms with Crippen LogP contribution in [0.1, 0.15) is 26.3 Å². The molecule has 1 aliphatic rings. The van der Waals surface area contributed by atoms with E-state index < -0.39 is 5.97 Å². The Morgan fingerprint density at radius 1 is 1.06 bits per heavy atom. The van der Waals surface area contributed by atoms with Crippen LogP contribution in [0.4, 0.5) is 5.69 Å². The van der Waals surface area contributed by atoms with Gasteiger partial charge in [0.05, 0.1) is 23.3 Å². The van der Waals surface area contributed by atoms with Crippen molar-refractivity contribution < 1.29 is 23.8 Å². The lowest BCUT2D eigenvalue weighted by molar-refractivity contribution is -0.149. The van der Waals surface area contributed by atoms with Crippen molar-refractivity contribution in [2.24, 2.45) is 4.99 Å². The fraction of sp³-hybridized carbons (Fsp3) is 0.261. The molecule has 0 spiro atoms. The van der Waals surface area contributed by atoms with Crippen LogP contribution in [-0.2, 0) is 14.3 Å². The predicted molar refractivity (Wildman–Crippen MR) is 122 cm³/mol. The van der Waals surface area contributed by atoms with E-state index in [-0.39, 0.29) is 18.6 Å². The summed E-state index contributed by atoms with van der Waals surface area (Å²) in [4.78, 5) is 28.8. The molecule has 1 saturated heterocycles. The number of aliphatic imine (C=N–C) groups is 1. The number of esters is 1. The number of rotatable bonds is 8. The normalized spacial score (nSPS) is 15.9. The second kappa shape index (κ2) is 10.7. The van der Waals surface area contributed by atoms with Crippen LogP contribution in [0.3, 0.4) is 0 Å². The standard InChI is InChI=1S/C23H24N2O5S/c1-4-28-18-11-7-17(8-12-18)24-23-25-22(27)20(31-23)13-16-5-9-19(10-6-16)29-14-21(26)30-15(2)3/h5-13,15H,4,14H2,1-3H3,(H,24,25,27)/b20-13-. The first-order valence-electron chi connectivity index (χ1n) is 9.87. The summed E-state index contributed by atoms with van der Waals surface area (Å²) in [5, 5.41) is 3.29. The molecule has 0 aromatic heterocycles. The van der Waals surface area contributed by atoms with Crippen LogP contribution in [0.5, 0.6) is 11.5 Å². The molecule has 3 rings (SSSR count). The summed E-state index contributed by atoms with van der Waals surface area (Å²) in [6, 6.07) is 14.4. The molecular weight excluding hydrogens is 416 g/mol. The van der Waals surface area contributed by atoms with Crippen molar-refractivity contribution in [3.8, 4) is 11.5 Å². The number of hydrogen-bond donors (Lipinski definition) is 1. The molecule has 0 saturated carbocycles. The van der Waals surface area contributed by atoms with Crippen LogP contribution in [0.15, 0.2) is 58.4 Å². The highest BCUT2D eigenvalue weighted by molar-refractivity contribution is 8.18. The van der Waals surface area contributed by atoms with Gasteiger partial charge in [-0.05, 0) is 80.6 Å². The molecule has 1 N–H and O–H groups in total. The predicted octanol–water partition coefficient (Wildman–Crippen LogP) is 4.31. The minimum atomic E-state index is -0.417. The number of carbonyl (C=O) groups is 2. The minimum absolute atomic E-state index is 0.151. The molecule has 31 heavy (non-hydrogen) atoms. The highest BCUT2D eigenvalue weighted by Gasteiger charge is 2.23. The molecule has 8 heteroatoms. The largest absolute Gasteiger partial charge is 0.494 e. The molecule has 7 nitrogen and oxygen atoms in total. The number of hydrogen-bond acceptors (Lipinski definition) is 7. The second-order valence-corrected chi connectivity index (χ2v) is 7.84. The molecule has 0 aliphatic carbocycles. The average molecular weight is 441 g/mol. The zero-order valence-electron chi connectivity index (χ0n) is 17.6. The monoisotopic (exact) mass is 440 g/mol. The Morgan fingerprint density at radius 2 is 1.71 bits per heavy atom. The first-order valence-corrected chi connectivity index (χ1v) is 10.7. The number of nitrogens with one attached hydrogen (secondary N) is 1. The first kappa shape index (κ1) is 22.4. The van der Waals surface area contributed by atoms with Gasteiger partial charge in [-0.1, -0.05) is 12.1 Å². The smallest absolute Gasteiger partial charge is 0.344 e. The van der Waals surface area contributed by atoms with Gasteiger partial charge in [0, 0.05) is 0 Å². The van der Waals surface area contributed by atoms with E-state index in [0.717, 1.165) is 17.0 Å². The Morgan fingerprint density at radius 3 is 2.35 bits per heavy atom. The van der Waals surface area contributed by atoms with Gasteiger partial charge in [0.1, 0.15) is 11.5 Å². The summed E-state index contributed by atoms with van der Waals surface area (Å²) < 4.78 is 15.9. The maximum atomic E-state index is 12.3. The van der Waals surface area contributed by atoms with Gasteiger partial charge in [0.25, 0.3) is 5.91 Å². The molecule has 0 atom stereocenters. The second-order valence-electron chi connectivity index (χ2n) is 6.80. The third-order valence-corrected chi connectivity index (χ3v) is 4.84. The van der Waals surface area contributed by atoms with E-state index in [1.807, 2.05) is 43.3 Å². The van der Waals surface area contributed by atoms with Crippen molar-refractivity contribution in [2.75, 3.05) is 13.2 Å². The quantitative estimate of drug-likeness (QED) is 0.486. The van der Waals surface area contributed by atoms with Crippen molar-refractivity contribution in [2.45, 2.75) is 26.9 Å². The van der Waals surface area contributed by atoms with Crippen LogP contribution < -0.4 is 14.8 Å². The van der Waals surface area contributed by atoms with Crippen molar-refractivity contribution in [3.05, 3.63) is 59.0 Å². The fourth-order valence-electron chi connectivity index (χ4n) is 2.63. The Bertz CT molecular complexity index is 982. The number of thioether (sulfide) groups is 1. The lowest BCUT2D eigenvalue weighted by Gasteiger charge is -2.09. The summed E-state index contributed by atoms with van der Waals surface area (Å²) in [7, 11) is 0. The Kier molecular flexibility index (Phi) is 7.72. The van der Waals surface area contributed by atoms with Crippen molar-refractivity contribution in [3.63, 3.8) is 0 Å². The van der Waals surface area contributed by atoms with E-state index in [9.17, 15) is 9.59 Å². The number of ether oxygens (including phenoxy) is 3. The van der Waals surface area contributed by atoms with E-state index in [2.05, 4.69) is 10.3 Å². The number of amidine groups is 1. The van der Waals surface area contributed by atoms with Crippen LogP contribution in [0.2, 0.25) is 0 Å². The third kappa shape index (κ3) is 6.89. The van der Waals surface area contributed by atoms with Gasteiger partial charge in [-0.3, -0.25) is 4.79 Å². The van der Waals surface area contributed by atoms with Crippen molar-refractivity contribution >= 4 is 40.6 Å². The number of benzene rings is 2. The van der Waals surface area contributed by atoms with E-state index in [4.69, 9.17) is 14.2 Å². The van der Waals surface area contributed by atoms with Crippen LogP contribution in [-0.4, -0.2) is 36.4 Å². The highest BCUT2D eigenvalue weighted by atomic mass is 32.2. The summed E-state index contributed by atoms with van der Waals surface area (Å²) >= 11 is 1.27. The van der Waals surface area contributed by atoms with E-state index >= 15 is 0 Å². The summed E-state index contributed by atoms with van der Waals surface area (Å²) in [5.74, 6) is 0.703. The molecule has 0 radical (unpaired) electrons. The first-order chi connectivity index (χ1) is 14.9. The SMILES string of the molecule is CCOc1ccc(N=C2NC(=O)/C(=C/c3ccc(OCC(=O)OC(C)C)cc3)S2)cc1. The number of amides is 1. The summed E-state index contributed by atoms with van der Waals surface area (Å²) in [6.45, 7) is 5.95. The van der Waals surface area contributed by atoms with Gasteiger partial charge in [-0.2, -0.15) is 0 Å². The van der Waals surface area contributed by atoms with Gasteiger partial charge < -0.3 is 19.5 Å². The molecule has 1 fully saturated rings. The molecule has 2 aromatic rings. The van der Waals surface area contributed by atoms with Gasteiger partial charge in [-0.15, -0.1) is 0 Å². The van der Waals surface area contributed by atoms with Crippen molar-refractivity contribution in [1.82, 2.24) is 5.32 Å². The summed E-state index contributed by atoms with van der Waals surface area (Å²) in [6.07, 6.45) is 1.60. The molecule has 2 aromatic carbocycles. The topological polar surface area (TPSA) is 86.2 Å². The zero-order chi connectivity index (χ0) is 22.2. The number of nitrogens with zero attached hydrogens (tertiary/aromatic N) is 1. The third-order valence-electron chi connectivity index (χ3n) is 3.93. The molecule has 0 bridgehead atoms. The van der Waals surface area contributed by atoms with Gasteiger partial charge in [-0.25, -0.2) is 9.79 Å². The maximum Gasteiger partial charge on any atom is 0.344 e. The molecule has 162 valence electrons. The Labute approximate surface area is 185 Å². The Hall–Kier alpha value is -3.26. The highest BCUT2D eigenvalue weighted by Crippen LogP contribution is 2.29. The molecule has 0 unspecified atom stereocenters. The number of carbonyl (C=O) groups excluding carboxylic acids is 2. The molecule has 1 amide bonds. The maximum absolute atomic E-state index is 12.3. The molecule has 1 aliphatic heterocycles. The van der Waals surface area contributed by atoms with E-state index in [0.29, 0.717) is 22.4 Å². The summed E-state index contributed by atoms with van der Waals surface area (Å²) in [5.41, 5.74) is 1.56. The van der Waals surface area contributed by atoms with Gasteiger partial charge in [0.15, 0.2) is 11.8 Å². The fourth-order valence-corrected chi connectivity index (χ4v) is 3.47. The van der Waals surface area contributed by atoms with Crippen LogP contribution in [0, 0.1) is 0 Å². The van der Waals surface area contributed by atoms with Gasteiger partial charge in [0.2, 0.25) is 0 Å². The van der Waals surface area contributed by atoms with E-state index in [1.54, 1.807) is 32.1 Å². The van der Waals surface area contributed by atoms with E-state index in [1.165, 1.54) is 11.8 Å². The van der Waals surface area contributed by atoms with Crippen LogP contribution >= 0.6 is 11.8 Å². The molecule has 1 heterocycles. The average Bonchev–Trinajstić information content (AvgIpc) is 3.07. The van der Waals surface area contributed by atoms with Gasteiger partial charge >= 0.3 is 5.97 Å². The zero-order valence-corrected chi connectivity index (χ0v) is 18.4. The lowest BCUT2D eigenvalue weighted by Crippen LogP contribution is -2.19. The lowest BCUT2D eigenvalue weighted by atomic mass is 10.2. The van der Waals surface area contributed by atoms with Crippen LogP contribution in [0.25, 0.3) is 6.08 Å². The minimum Gasteiger partial charge on any atom is -0.494 e. The Balaban J connectivity index is 1.60. The molecular formula is C23H24N2O5S.